The van der Waals surface area contributed by atoms with Crippen LogP contribution in [0.2, 0.25) is 0 Å². The van der Waals surface area contributed by atoms with E-state index in [0.29, 0.717) is 0 Å². The predicted molar refractivity (Wildman–Crippen MR) is 52.6 cm³/mol. The zero-order valence-electron chi connectivity index (χ0n) is 8.86. The Morgan fingerprint density at radius 2 is 1.71 bits per heavy atom. The molecular weight excluding hydrogens is 184 g/mol. The highest BCUT2D eigenvalue weighted by Gasteiger charge is 2.49. The maximum atomic E-state index is 13.1. The molecule has 1 aliphatic heterocycles. The van der Waals surface area contributed by atoms with Crippen LogP contribution in [0.5, 0.6) is 0 Å². The molecule has 0 aromatic heterocycles. The zero-order valence-corrected chi connectivity index (χ0v) is 8.86. The molecule has 2 fully saturated rings. The maximum absolute atomic E-state index is 13.1. The van der Waals surface area contributed by atoms with Crippen molar-refractivity contribution in [2.45, 2.75) is 45.0 Å². The number of rotatable bonds is 1. The van der Waals surface area contributed by atoms with Crippen molar-refractivity contribution < 1.29 is 8.78 Å². The van der Waals surface area contributed by atoms with Gasteiger partial charge in [0.2, 0.25) is 5.92 Å². The Kier molecular flexibility index (Phi) is 2.54. The summed E-state index contributed by atoms with van der Waals surface area (Å²) in [4.78, 5) is 2.36. The standard InChI is InChI=1S/C11H19F2N/c1-2-14-7-5-10(6-8-14)3-4-11(12,13)9-10/h2-9H2,1H3. The van der Waals surface area contributed by atoms with Gasteiger partial charge in [-0.3, -0.25) is 0 Å². The first-order valence-corrected chi connectivity index (χ1v) is 5.66. The molecule has 0 aromatic carbocycles. The Balaban J connectivity index is 1.94. The number of nitrogens with zero attached hydrogens (tertiary/aromatic N) is 1. The van der Waals surface area contributed by atoms with Crippen LogP contribution in [0.25, 0.3) is 0 Å². The molecule has 1 spiro atoms. The Bertz CT molecular complexity index is 207. The Morgan fingerprint density at radius 1 is 1.07 bits per heavy atom. The Morgan fingerprint density at radius 3 is 2.14 bits per heavy atom. The molecule has 82 valence electrons. The molecule has 3 heteroatoms. The van der Waals surface area contributed by atoms with Crippen LogP contribution in [0.1, 0.15) is 39.0 Å². The molecule has 0 unspecified atom stereocenters. The summed E-state index contributed by atoms with van der Waals surface area (Å²) in [6, 6.07) is 0. The second-order valence-corrected chi connectivity index (χ2v) is 4.97. The SMILES string of the molecule is CCN1CCC2(CC1)CCC(F)(F)C2. The fourth-order valence-electron chi connectivity index (χ4n) is 2.94. The third-order valence-electron chi connectivity index (χ3n) is 4.02. The minimum absolute atomic E-state index is 0.00479. The summed E-state index contributed by atoms with van der Waals surface area (Å²) in [5.41, 5.74) is -0.00479. The number of alkyl halides is 2. The van der Waals surface area contributed by atoms with Gasteiger partial charge < -0.3 is 4.90 Å². The zero-order chi connectivity index (χ0) is 10.2. The first-order chi connectivity index (χ1) is 6.55. The van der Waals surface area contributed by atoms with Crippen molar-refractivity contribution in [2.24, 2.45) is 5.41 Å². The monoisotopic (exact) mass is 203 g/mol. The topological polar surface area (TPSA) is 3.24 Å². The molecule has 1 saturated carbocycles. The van der Waals surface area contributed by atoms with Crippen molar-refractivity contribution in [3.05, 3.63) is 0 Å². The van der Waals surface area contributed by atoms with Crippen molar-refractivity contribution in [1.29, 1.82) is 0 Å². The molecule has 0 aromatic rings. The van der Waals surface area contributed by atoms with Crippen molar-refractivity contribution in [3.63, 3.8) is 0 Å². The van der Waals surface area contributed by atoms with E-state index in [4.69, 9.17) is 0 Å². The van der Waals surface area contributed by atoms with Gasteiger partial charge in [0.05, 0.1) is 0 Å². The molecular formula is C11H19F2N. The van der Waals surface area contributed by atoms with E-state index >= 15 is 0 Å². The van der Waals surface area contributed by atoms with Crippen molar-refractivity contribution in [3.8, 4) is 0 Å². The molecule has 0 radical (unpaired) electrons. The van der Waals surface area contributed by atoms with E-state index in [2.05, 4.69) is 11.8 Å². The average molecular weight is 203 g/mol. The van der Waals surface area contributed by atoms with Gasteiger partial charge in [-0.2, -0.15) is 0 Å². The number of halogens is 2. The van der Waals surface area contributed by atoms with E-state index in [1.807, 2.05) is 0 Å². The molecule has 0 N–H and O–H groups in total. The molecule has 1 saturated heterocycles. The van der Waals surface area contributed by atoms with Crippen LogP contribution in [0, 0.1) is 5.41 Å². The quantitative estimate of drug-likeness (QED) is 0.633. The van der Waals surface area contributed by atoms with Crippen LogP contribution in [0.4, 0.5) is 8.78 Å². The number of piperidine rings is 1. The van der Waals surface area contributed by atoms with Gasteiger partial charge in [0.15, 0.2) is 0 Å². The molecule has 0 bridgehead atoms. The van der Waals surface area contributed by atoms with Gasteiger partial charge in [0.25, 0.3) is 0 Å². The third-order valence-corrected chi connectivity index (χ3v) is 4.02. The summed E-state index contributed by atoms with van der Waals surface area (Å²) in [5.74, 6) is -2.37. The van der Waals surface area contributed by atoms with E-state index < -0.39 is 5.92 Å². The summed E-state index contributed by atoms with van der Waals surface area (Å²) in [5, 5.41) is 0. The summed E-state index contributed by atoms with van der Waals surface area (Å²) in [7, 11) is 0. The van der Waals surface area contributed by atoms with Crippen LogP contribution >= 0.6 is 0 Å². The van der Waals surface area contributed by atoms with Crippen molar-refractivity contribution in [1.82, 2.24) is 4.90 Å². The van der Waals surface area contributed by atoms with Gasteiger partial charge >= 0.3 is 0 Å². The van der Waals surface area contributed by atoms with Crippen LogP contribution < -0.4 is 0 Å². The normalized spacial score (nSPS) is 31.1. The maximum Gasteiger partial charge on any atom is 0.248 e. The molecule has 0 atom stereocenters. The van der Waals surface area contributed by atoms with Gasteiger partial charge in [0, 0.05) is 12.8 Å². The van der Waals surface area contributed by atoms with Crippen molar-refractivity contribution >= 4 is 0 Å². The molecule has 2 rings (SSSR count). The number of hydrogen-bond donors (Lipinski definition) is 0. The van der Waals surface area contributed by atoms with Gasteiger partial charge in [0.1, 0.15) is 0 Å². The van der Waals surface area contributed by atoms with Gasteiger partial charge in [-0.05, 0) is 44.3 Å². The highest BCUT2D eigenvalue weighted by molar-refractivity contribution is 4.96. The minimum atomic E-state index is -2.37. The van der Waals surface area contributed by atoms with E-state index in [-0.39, 0.29) is 18.3 Å². The Labute approximate surface area is 84.5 Å². The summed E-state index contributed by atoms with van der Waals surface area (Å²) >= 11 is 0. The largest absolute Gasteiger partial charge is 0.304 e. The molecule has 1 heterocycles. The second-order valence-electron chi connectivity index (χ2n) is 4.97. The number of likely N-dealkylation sites (tertiary alicyclic amines) is 1. The lowest BCUT2D eigenvalue weighted by molar-refractivity contribution is -0.0130. The van der Waals surface area contributed by atoms with Gasteiger partial charge in [-0.15, -0.1) is 0 Å². The Hall–Kier alpha value is -0.180. The molecule has 14 heavy (non-hydrogen) atoms. The first kappa shape index (κ1) is 10.3. The van der Waals surface area contributed by atoms with E-state index in [1.165, 1.54) is 0 Å². The second kappa shape index (κ2) is 3.44. The van der Waals surface area contributed by atoms with E-state index in [0.717, 1.165) is 38.9 Å². The smallest absolute Gasteiger partial charge is 0.248 e. The van der Waals surface area contributed by atoms with E-state index in [9.17, 15) is 8.78 Å². The van der Waals surface area contributed by atoms with E-state index in [1.54, 1.807) is 0 Å². The summed E-state index contributed by atoms with van der Waals surface area (Å²) in [6.45, 7) is 5.24. The fraction of sp³-hybridized carbons (Fsp3) is 1.00. The average Bonchev–Trinajstić information content (AvgIpc) is 2.44. The molecule has 1 aliphatic carbocycles. The summed E-state index contributed by atoms with van der Waals surface area (Å²) < 4.78 is 26.3. The first-order valence-electron chi connectivity index (χ1n) is 5.66. The predicted octanol–water partition coefficient (Wildman–Crippen LogP) is 2.91. The summed E-state index contributed by atoms with van der Waals surface area (Å²) in [6.07, 6.45) is 2.99. The molecule has 1 nitrogen and oxygen atoms in total. The highest BCUT2D eigenvalue weighted by atomic mass is 19.3. The lowest BCUT2D eigenvalue weighted by Gasteiger charge is -2.38. The minimum Gasteiger partial charge on any atom is -0.304 e. The fourth-order valence-corrected chi connectivity index (χ4v) is 2.94. The van der Waals surface area contributed by atoms with Crippen molar-refractivity contribution in [2.75, 3.05) is 19.6 Å². The number of hydrogen-bond acceptors (Lipinski definition) is 1. The lowest BCUT2D eigenvalue weighted by atomic mass is 9.77. The van der Waals surface area contributed by atoms with Gasteiger partial charge in [-0.25, -0.2) is 8.78 Å². The van der Waals surface area contributed by atoms with Crippen LogP contribution in [-0.4, -0.2) is 30.5 Å². The molecule has 2 aliphatic rings. The lowest BCUT2D eigenvalue weighted by Crippen LogP contribution is -2.39. The molecule has 0 amide bonds. The third kappa shape index (κ3) is 1.92. The van der Waals surface area contributed by atoms with Crippen LogP contribution in [0.3, 0.4) is 0 Å². The van der Waals surface area contributed by atoms with Crippen LogP contribution in [0.15, 0.2) is 0 Å². The van der Waals surface area contributed by atoms with Crippen LogP contribution in [-0.2, 0) is 0 Å². The van der Waals surface area contributed by atoms with Gasteiger partial charge in [-0.1, -0.05) is 6.92 Å². The highest BCUT2D eigenvalue weighted by Crippen LogP contribution is 2.52.